The quantitative estimate of drug-likeness (QED) is 0.681. The molecule has 1 rings (SSSR count). The van der Waals surface area contributed by atoms with Gasteiger partial charge in [0.2, 0.25) is 0 Å². The molecule has 0 spiro atoms. The Kier molecular flexibility index (Phi) is 4.97. The van der Waals surface area contributed by atoms with Crippen molar-refractivity contribution in [3.8, 4) is 5.75 Å². The average molecular weight is 227 g/mol. The van der Waals surface area contributed by atoms with E-state index in [1.807, 2.05) is 12.1 Å². The summed E-state index contributed by atoms with van der Waals surface area (Å²) in [5.74, 6) is 1.48. The van der Waals surface area contributed by atoms with Gasteiger partial charge in [0.25, 0.3) is 0 Å². The lowest BCUT2D eigenvalue weighted by Crippen LogP contribution is -2.15. The van der Waals surface area contributed by atoms with E-state index in [0.29, 0.717) is 12.0 Å². The molecule has 0 unspecified atom stereocenters. The molecular weight excluding hydrogens is 208 g/mol. The van der Waals surface area contributed by atoms with E-state index in [-0.39, 0.29) is 0 Å². The summed E-state index contributed by atoms with van der Waals surface area (Å²) in [4.78, 5) is 0. The van der Waals surface area contributed by atoms with Crippen molar-refractivity contribution >= 4 is 11.6 Å². The highest BCUT2D eigenvalue weighted by atomic mass is 35.5. The van der Waals surface area contributed by atoms with Gasteiger partial charge in [0.05, 0.1) is 12.0 Å². The van der Waals surface area contributed by atoms with Gasteiger partial charge < -0.3 is 4.74 Å². The number of alkyl halides is 1. The number of ether oxygens (including phenoxy) is 1. The van der Waals surface area contributed by atoms with Crippen molar-refractivity contribution in [3.05, 3.63) is 29.3 Å². The lowest BCUT2D eigenvalue weighted by atomic mass is 10.1. The number of aryl methyl sites for hydroxylation is 1. The van der Waals surface area contributed by atoms with E-state index in [0.717, 1.165) is 24.2 Å². The molecule has 84 valence electrons. The van der Waals surface area contributed by atoms with Crippen LogP contribution in [0.3, 0.4) is 0 Å². The highest BCUT2D eigenvalue weighted by Gasteiger charge is 2.10. The maximum atomic E-state index is 5.98. The summed E-state index contributed by atoms with van der Waals surface area (Å²) in [5, 5.41) is 0. The van der Waals surface area contributed by atoms with Crippen LogP contribution >= 0.6 is 11.6 Å². The molecule has 1 nitrogen and oxygen atoms in total. The normalized spacial score (nSPS) is 10.7. The smallest absolute Gasteiger partial charge is 0.127 e. The lowest BCUT2D eigenvalue weighted by Gasteiger charge is -2.19. The Labute approximate surface area is 97.4 Å². The van der Waals surface area contributed by atoms with Gasteiger partial charge in [-0.15, -0.1) is 11.6 Å². The van der Waals surface area contributed by atoms with Crippen LogP contribution in [0.1, 0.15) is 37.8 Å². The summed E-state index contributed by atoms with van der Waals surface area (Å²) in [6.45, 7) is 6.35. The molecule has 0 atom stereocenters. The first-order valence-corrected chi connectivity index (χ1v) is 6.07. The van der Waals surface area contributed by atoms with E-state index in [9.17, 15) is 0 Å². The predicted octanol–water partition coefficient (Wildman–Crippen LogP) is 4.30. The molecule has 2 heteroatoms. The lowest BCUT2D eigenvalue weighted by molar-refractivity contribution is 0.190. The van der Waals surface area contributed by atoms with Crippen LogP contribution in [0.15, 0.2) is 18.2 Å². The first kappa shape index (κ1) is 12.4. The van der Waals surface area contributed by atoms with Gasteiger partial charge in [-0.1, -0.05) is 32.0 Å². The van der Waals surface area contributed by atoms with Crippen LogP contribution in [-0.2, 0) is 5.88 Å². The van der Waals surface area contributed by atoms with Crippen LogP contribution in [-0.4, -0.2) is 6.10 Å². The number of hydrogen-bond acceptors (Lipinski definition) is 1. The largest absolute Gasteiger partial charge is 0.490 e. The standard InChI is InChI=1S/C13H19ClO/c1-4-12(5-2)15-13-10(3)7-6-8-11(13)9-14/h6-8,12H,4-5,9H2,1-3H3. The maximum absolute atomic E-state index is 5.98. The molecule has 0 heterocycles. The molecule has 0 saturated heterocycles. The second kappa shape index (κ2) is 6.02. The van der Waals surface area contributed by atoms with Crippen molar-refractivity contribution in [2.45, 2.75) is 45.6 Å². The van der Waals surface area contributed by atoms with Crippen LogP contribution in [0.5, 0.6) is 5.75 Å². The van der Waals surface area contributed by atoms with Crippen molar-refractivity contribution < 1.29 is 4.74 Å². The van der Waals surface area contributed by atoms with Gasteiger partial charge in [0.1, 0.15) is 5.75 Å². The Morgan fingerprint density at radius 3 is 2.47 bits per heavy atom. The van der Waals surface area contributed by atoms with Crippen molar-refractivity contribution in [1.82, 2.24) is 0 Å². The molecule has 0 bridgehead atoms. The van der Waals surface area contributed by atoms with E-state index in [1.165, 1.54) is 5.56 Å². The minimum Gasteiger partial charge on any atom is -0.490 e. The van der Waals surface area contributed by atoms with Gasteiger partial charge in [-0.3, -0.25) is 0 Å². The number of halogens is 1. The minimum absolute atomic E-state index is 0.299. The molecule has 0 aliphatic rings. The molecule has 0 radical (unpaired) electrons. The number of rotatable bonds is 5. The fourth-order valence-corrected chi connectivity index (χ4v) is 1.82. The molecule has 0 N–H and O–H groups in total. The van der Waals surface area contributed by atoms with E-state index in [2.05, 4.69) is 26.8 Å². The summed E-state index contributed by atoms with van der Waals surface area (Å²) in [6, 6.07) is 6.11. The third-order valence-corrected chi connectivity index (χ3v) is 2.92. The van der Waals surface area contributed by atoms with Gasteiger partial charge in [-0.2, -0.15) is 0 Å². The summed E-state index contributed by atoms with van der Waals surface area (Å²) >= 11 is 5.89. The fraction of sp³-hybridized carbons (Fsp3) is 0.538. The monoisotopic (exact) mass is 226 g/mol. The summed E-state index contributed by atoms with van der Waals surface area (Å²) in [5.41, 5.74) is 2.25. The van der Waals surface area contributed by atoms with E-state index in [4.69, 9.17) is 16.3 Å². The molecule has 0 aromatic heterocycles. The SMILES string of the molecule is CCC(CC)Oc1c(C)cccc1CCl. The van der Waals surface area contributed by atoms with Gasteiger partial charge in [0.15, 0.2) is 0 Å². The Balaban J connectivity index is 2.91. The van der Waals surface area contributed by atoms with Gasteiger partial charge >= 0.3 is 0 Å². The third-order valence-electron chi connectivity index (χ3n) is 2.63. The molecular formula is C13H19ClO. The minimum atomic E-state index is 0.299. The van der Waals surface area contributed by atoms with Crippen molar-refractivity contribution in [2.75, 3.05) is 0 Å². The molecule has 1 aromatic carbocycles. The zero-order valence-corrected chi connectivity index (χ0v) is 10.5. The second-order valence-corrected chi connectivity index (χ2v) is 4.02. The first-order valence-electron chi connectivity index (χ1n) is 5.54. The molecule has 0 fully saturated rings. The number of para-hydroxylation sites is 1. The summed E-state index contributed by atoms with van der Waals surface area (Å²) < 4.78 is 5.98. The number of benzene rings is 1. The molecule has 15 heavy (non-hydrogen) atoms. The van der Waals surface area contributed by atoms with Crippen LogP contribution < -0.4 is 4.74 Å². The zero-order chi connectivity index (χ0) is 11.3. The van der Waals surface area contributed by atoms with E-state index < -0.39 is 0 Å². The second-order valence-electron chi connectivity index (χ2n) is 3.75. The first-order chi connectivity index (χ1) is 7.22. The molecule has 1 aromatic rings. The van der Waals surface area contributed by atoms with Crippen LogP contribution in [0.2, 0.25) is 0 Å². The van der Waals surface area contributed by atoms with Gasteiger partial charge in [-0.05, 0) is 25.3 Å². The molecule has 0 aliphatic carbocycles. The molecule has 0 saturated carbocycles. The third kappa shape index (κ3) is 3.13. The highest BCUT2D eigenvalue weighted by molar-refractivity contribution is 6.17. The van der Waals surface area contributed by atoms with Crippen LogP contribution in [0, 0.1) is 6.92 Å². The topological polar surface area (TPSA) is 9.23 Å². The molecule has 0 amide bonds. The van der Waals surface area contributed by atoms with Crippen molar-refractivity contribution in [1.29, 1.82) is 0 Å². The van der Waals surface area contributed by atoms with Gasteiger partial charge in [0, 0.05) is 5.56 Å². The molecule has 0 aliphatic heterocycles. The fourth-order valence-electron chi connectivity index (χ4n) is 1.61. The Bertz CT molecular complexity index is 305. The van der Waals surface area contributed by atoms with Crippen molar-refractivity contribution in [3.63, 3.8) is 0 Å². The average Bonchev–Trinajstić information content (AvgIpc) is 2.27. The van der Waals surface area contributed by atoms with E-state index >= 15 is 0 Å². The Hall–Kier alpha value is -0.690. The van der Waals surface area contributed by atoms with Crippen LogP contribution in [0.25, 0.3) is 0 Å². The van der Waals surface area contributed by atoms with Crippen LogP contribution in [0.4, 0.5) is 0 Å². The summed E-state index contributed by atoms with van der Waals surface area (Å²) in [6.07, 6.45) is 2.37. The van der Waals surface area contributed by atoms with Crippen molar-refractivity contribution in [2.24, 2.45) is 0 Å². The summed E-state index contributed by atoms with van der Waals surface area (Å²) in [7, 11) is 0. The Morgan fingerprint density at radius 1 is 1.27 bits per heavy atom. The predicted molar refractivity (Wildman–Crippen MR) is 65.7 cm³/mol. The zero-order valence-electron chi connectivity index (χ0n) is 9.72. The highest BCUT2D eigenvalue weighted by Crippen LogP contribution is 2.26. The van der Waals surface area contributed by atoms with Gasteiger partial charge in [-0.25, -0.2) is 0 Å². The maximum Gasteiger partial charge on any atom is 0.127 e. The van der Waals surface area contributed by atoms with E-state index in [1.54, 1.807) is 0 Å². The number of hydrogen-bond donors (Lipinski definition) is 0. The Morgan fingerprint density at radius 2 is 1.93 bits per heavy atom.